The number of carbonyl (C=O) groups excluding carboxylic acids is 1. The first-order valence-electron chi connectivity index (χ1n) is 6.31. The summed E-state index contributed by atoms with van der Waals surface area (Å²) in [5.74, 6) is -0.136. The molecule has 0 aliphatic rings. The molecule has 0 saturated carbocycles. The van der Waals surface area contributed by atoms with Gasteiger partial charge in [-0.15, -0.1) is 0 Å². The number of rotatable bonds is 5. The predicted octanol–water partition coefficient (Wildman–Crippen LogP) is 4.32. The third kappa shape index (κ3) is 5.49. The van der Waals surface area contributed by atoms with Crippen LogP contribution in [0.4, 0.5) is 0 Å². The summed E-state index contributed by atoms with van der Waals surface area (Å²) in [4.78, 5) is 11.1. The minimum absolute atomic E-state index is 0.394. The van der Waals surface area contributed by atoms with Gasteiger partial charge in [0.2, 0.25) is 0 Å². The third-order valence-electron chi connectivity index (χ3n) is 2.66. The summed E-state index contributed by atoms with van der Waals surface area (Å²) < 4.78 is 29.6. The van der Waals surface area contributed by atoms with E-state index in [4.69, 9.17) is 4.74 Å². The lowest BCUT2D eigenvalue weighted by molar-refractivity contribution is -0.128. The zero-order valence-corrected chi connectivity index (χ0v) is 14.5. The number of benzene rings is 1. The molecule has 114 valence electrons. The number of ether oxygens (including phenoxy) is 1. The van der Waals surface area contributed by atoms with Gasteiger partial charge in [-0.25, -0.2) is 4.79 Å². The first-order chi connectivity index (χ1) is 9.54. The van der Waals surface area contributed by atoms with Gasteiger partial charge >= 0.3 is 5.97 Å². The topological polar surface area (TPSA) is 60.4 Å². The minimum atomic E-state index is -2.60. The van der Waals surface area contributed by atoms with E-state index in [0.717, 1.165) is 11.6 Å². The van der Waals surface area contributed by atoms with Crippen LogP contribution in [0.2, 0.25) is 0 Å². The van der Waals surface area contributed by atoms with Crippen molar-refractivity contribution in [2.24, 2.45) is 0 Å². The van der Waals surface area contributed by atoms with Crippen molar-refractivity contribution in [3.05, 3.63) is 47.5 Å². The summed E-state index contributed by atoms with van der Waals surface area (Å²) in [5.41, 5.74) is 0.760. The molecular weight excluding hydrogens is 306 g/mol. The molecule has 0 spiro atoms. The lowest BCUT2D eigenvalue weighted by Gasteiger charge is -2.17. The lowest BCUT2D eigenvalue weighted by Crippen LogP contribution is -2.02. The Morgan fingerprint density at radius 2 is 1.52 bits per heavy atom. The van der Waals surface area contributed by atoms with Crippen LogP contribution in [0.1, 0.15) is 5.56 Å². The van der Waals surface area contributed by atoms with Crippen LogP contribution in [0, 0.1) is 0 Å². The molecule has 1 aromatic carbocycles. The van der Waals surface area contributed by atoms with E-state index in [1.165, 1.54) is 0 Å². The molecule has 1 rings (SSSR count). The fourth-order valence-electron chi connectivity index (χ4n) is 1.83. The van der Waals surface area contributed by atoms with E-state index in [2.05, 4.69) is 6.58 Å². The van der Waals surface area contributed by atoms with Gasteiger partial charge in [-0.2, -0.15) is 0 Å². The van der Waals surface area contributed by atoms with Gasteiger partial charge in [0.15, 0.2) is 0 Å². The molecule has 0 aliphatic heterocycles. The summed E-state index contributed by atoms with van der Waals surface area (Å²) in [7, 11) is -5.21. The van der Waals surface area contributed by atoms with Crippen LogP contribution < -0.4 is 4.74 Å². The second-order valence-corrected chi connectivity index (χ2v) is 12.1. The number of esters is 1. The van der Waals surface area contributed by atoms with Crippen LogP contribution in [0.25, 0.3) is 6.08 Å². The van der Waals surface area contributed by atoms with Crippen LogP contribution in [-0.4, -0.2) is 32.6 Å². The molecule has 6 heteroatoms. The van der Waals surface area contributed by atoms with Crippen LogP contribution in [0.15, 0.2) is 42.0 Å². The van der Waals surface area contributed by atoms with Crippen molar-refractivity contribution < 1.29 is 18.7 Å². The summed E-state index contributed by atoms with van der Waals surface area (Å²) in [6.07, 6.45) is 2.78. The smallest absolute Gasteiger partial charge is 0.335 e. The number of hydrogen-bond acceptors (Lipinski definition) is 4. The average Bonchev–Trinajstić information content (AvgIpc) is 2.34. The molecule has 1 aromatic rings. The fourth-order valence-corrected chi connectivity index (χ4v) is 7.39. The van der Waals surface area contributed by atoms with Crippen molar-refractivity contribution in [2.45, 2.75) is 0 Å². The van der Waals surface area contributed by atoms with Crippen molar-refractivity contribution in [3.63, 3.8) is 0 Å². The Balaban J connectivity index is 3.13. The lowest BCUT2D eigenvalue weighted by atomic mass is 10.2. The Labute approximate surface area is 125 Å². The van der Waals surface area contributed by atoms with E-state index in [1.807, 2.05) is 0 Å². The van der Waals surface area contributed by atoms with Gasteiger partial charge in [-0.05, 0) is 50.4 Å². The molecule has 0 amide bonds. The van der Waals surface area contributed by atoms with Crippen LogP contribution in [0.5, 0.6) is 5.75 Å². The maximum Gasteiger partial charge on any atom is 0.335 e. The molecule has 0 fully saturated rings. The van der Waals surface area contributed by atoms with Crippen molar-refractivity contribution in [3.8, 4) is 5.75 Å². The van der Waals surface area contributed by atoms with Gasteiger partial charge in [0.25, 0.3) is 0 Å². The van der Waals surface area contributed by atoms with Crippen molar-refractivity contribution in [1.29, 1.82) is 0 Å². The Bertz CT molecular complexity index is 635. The highest BCUT2D eigenvalue weighted by Crippen LogP contribution is 2.65. The molecule has 0 atom stereocenters. The molecule has 0 aliphatic carbocycles. The molecule has 0 N–H and O–H groups in total. The second-order valence-electron chi connectivity index (χ2n) is 5.40. The summed E-state index contributed by atoms with van der Waals surface area (Å²) >= 11 is 0. The maximum absolute atomic E-state index is 12.3. The van der Waals surface area contributed by atoms with Crippen LogP contribution >= 0.6 is 14.3 Å². The molecule has 0 saturated heterocycles. The standard InChI is InChI=1S/C15H20O4P2/c1-6-14(16)19-13-9-7-12(8-10-13)11-15(20(2,3)17)21(4,5)18/h6-11H,1H2,2-5H3. The minimum Gasteiger partial charge on any atom is -0.423 e. The number of carbonyl (C=O) groups is 1. The molecule has 0 unspecified atom stereocenters. The molecule has 0 heterocycles. The molecular formula is C15H20O4P2. The molecule has 21 heavy (non-hydrogen) atoms. The molecule has 4 nitrogen and oxygen atoms in total. The largest absolute Gasteiger partial charge is 0.423 e. The van der Waals surface area contributed by atoms with E-state index >= 15 is 0 Å². The highest BCUT2D eigenvalue weighted by Gasteiger charge is 2.26. The SMILES string of the molecule is C=CC(=O)Oc1ccc(C=C(P(C)(C)=O)P(C)(C)=O)cc1. The first-order valence-corrected chi connectivity index (χ1v) is 11.5. The summed E-state index contributed by atoms with van der Waals surface area (Å²) in [6, 6.07) is 6.68. The van der Waals surface area contributed by atoms with Crippen molar-refractivity contribution in [2.75, 3.05) is 26.7 Å². The molecule has 0 aromatic heterocycles. The van der Waals surface area contributed by atoms with E-state index in [1.54, 1.807) is 57.0 Å². The zero-order valence-electron chi connectivity index (χ0n) is 12.7. The first kappa shape index (κ1) is 17.7. The second kappa shape index (κ2) is 6.60. The van der Waals surface area contributed by atoms with Gasteiger partial charge < -0.3 is 13.9 Å². The van der Waals surface area contributed by atoms with Crippen LogP contribution in [0.3, 0.4) is 0 Å². The van der Waals surface area contributed by atoms with Crippen LogP contribution in [-0.2, 0) is 13.9 Å². The van der Waals surface area contributed by atoms with Crippen molar-refractivity contribution in [1.82, 2.24) is 0 Å². The molecule has 0 radical (unpaired) electrons. The fraction of sp³-hybridized carbons (Fsp3) is 0.267. The van der Waals surface area contributed by atoms with Crippen molar-refractivity contribution >= 4 is 26.3 Å². The van der Waals surface area contributed by atoms with Gasteiger partial charge in [0.05, 0.1) is 0 Å². The monoisotopic (exact) mass is 326 g/mol. The summed E-state index contributed by atoms with van der Waals surface area (Å²) in [5, 5.41) is 0.492. The third-order valence-corrected chi connectivity index (χ3v) is 8.02. The highest BCUT2D eigenvalue weighted by atomic mass is 31.2. The number of hydrogen-bond donors (Lipinski definition) is 0. The molecule has 0 bridgehead atoms. The maximum atomic E-state index is 12.3. The summed E-state index contributed by atoms with van der Waals surface area (Å²) in [6.45, 7) is 9.76. The zero-order chi connectivity index (χ0) is 16.3. The normalized spacial score (nSPS) is 11.6. The van der Waals surface area contributed by atoms with Gasteiger partial charge in [-0.3, -0.25) is 0 Å². The van der Waals surface area contributed by atoms with Gasteiger partial charge in [0.1, 0.15) is 20.0 Å². The van der Waals surface area contributed by atoms with E-state index in [0.29, 0.717) is 10.8 Å². The quantitative estimate of drug-likeness (QED) is 0.350. The van der Waals surface area contributed by atoms with Gasteiger partial charge in [0, 0.05) is 11.1 Å². The Hall–Kier alpha value is -1.37. The van der Waals surface area contributed by atoms with E-state index in [9.17, 15) is 13.9 Å². The Morgan fingerprint density at radius 3 is 1.90 bits per heavy atom. The van der Waals surface area contributed by atoms with Gasteiger partial charge in [-0.1, -0.05) is 18.7 Å². The van der Waals surface area contributed by atoms with E-state index < -0.39 is 20.3 Å². The Morgan fingerprint density at radius 1 is 1.05 bits per heavy atom. The van der Waals surface area contributed by atoms with E-state index in [-0.39, 0.29) is 0 Å². The Kier molecular flexibility index (Phi) is 5.55. The average molecular weight is 326 g/mol. The predicted molar refractivity (Wildman–Crippen MR) is 89.2 cm³/mol. The highest BCUT2D eigenvalue weighted by molar-refractivity contribution is 7.86.